The minimum atomic E-state index is -0.484. The molecule has 0 radical (unpaired) electrons. The lowest BCUT2D eigenvalue weighted by Crippen LogP contribution is -2.39. The number of carbonyl (C=O) groups excluding carboxylic acids is 1. The molecular formula is C12H17NO4. The third-order valence-corrected chi connectivity index (χ3v) is 2.45. The summed E-state index contributed by atoms with van der Waals surface area (Å²) in [5.41, 5.74) is -0.445. The SMILES string of the molecule is COC(C)(C)CNC(=O)c1cc(O)ccc1O. The van der Waals surface area contributed by atoms with Crippen molar-refractivity contribution in [3.8, 4) is 11.5 Å². The molecule has 0 heterocycles. The Labute approximate surface area is 100 Å². The van der Waals surface area contributed by atoms with Crippen LogP contribution in [0.2, 0.25) is 0 Å². The van der Waals surface area contributed by atoms with Crippen LogP contribution in [-0.2, 0) is 4.74 Å². The van der Waals surface area contributed by atoms with Crippen molar-refractivity contribution in [3.05, 3.63) is 23.8 Å². The molecule has 1 aromatic rings. The summed E-state index contributed by atoms with van der Waals surface area (Å²) in [5.74, 6) is -0.696. The molecule has 0 fully saturated rings. The van der Waals surface area contributed by atoms with Gasteiger partial charge < -0.3 is 20.3 Å². The number of methoxy groups -OCH3 is 1. The normalized spacial score (nSPS) is 11.2. The van der Waals surface area contributed by atoms with Gasteiger partial charge in [-0.25, -0.2) is 0 Å². The Morgan fingerprint density at radius 1 is 1.41 bits per heavy atom. The smallest absolute Gasteiger partial charge is 0.255 e. The average Bonchev–Trinajstić information content (AvgIpc) is 2.29. The predicted molar refractivity (Wildman–Crippen MR) is 63.2 cm³/mol. The van der Waals surface area contributed by atoms with Crippen molar-refractivity contribution in [2.45, 2.75) is 19.4 Å². The molecule has 1 aromatic carbocycles. The number of amides is 1. The van der Waals surface area contributed by atoms with Gasteiger partial charge in [-0.15, -0.1) is 0 Å². The maximum absolute atomic E-state index is 11.7. The molecule has 0 aliphatic rings. The third-order valence-electron chi connectivity index (χ3n) is 2.45. The number of phenols is 2. The first-order chi connectivity index (χ1) is 7.85. The molecule has 0 atom stereocenters. The molecule has 17 heavy (non-hydrogen) atoms. The van der Waals surface area contributed by atoms with Crippen molar-refractivity contribution < 1.29 is 19.7 Å². The highest BCUT2D eigenvalue weighted by molar-refractivity contribution is 5.97. The zero-order valence-electron chi connectivity index (χ0n) is 10.2. The Hall–Kier alpha value is -1.75. The van der Waals surface area contributed by atoms with Crippen LogP contribution in [0.5, 0.6) is 11.5 Å². The van der Waals surface area contributed by atoms with Crippen LogP contribution in [0, 0.1) is 0 Å². The van der Waals surface area contributed by atoms with E-state index in [1.807, 2.05) is 13.8 Å². The van der Waals surface area contributed by atoms with Crippen molar-refractivity contribution >= 4 is 5.91 Å². The fraction of sp³-hybridized carbons (Fsp3) is 0.417. The van der Waals surface area contributed by atoms with Gasteiger partial charge in [0.25, 0.3) is 5.91 Å². The first-order valence-corrected chi connectivity index (χ1v) is 5.21. The Morgan fingerprint density at radius 2 is 2.06 bits per heavy atom. The van der Waals surface area contributed by atoms with Crippen LogP contribution >= 0.6 is 0 Å². The van der Waals surface area contributed by atoms with Crippen LogP contribution in [-0.4, -0.2) is 35.4 Å². The van der Waals surface area contributed by atoms with Gasteiger partial charge in [0.2, 0.25) is 0 Å². The van der Waals surface area contributed by atoms with Crippen LogP contribution in [0.25, 0.3) is 0 Å². The molecule has 3 N–H and O–H groups in total. The number of carbonyl (C=O) groups is 1. The fourth-order valence-electron chi connectivity index (χ4n) is 1.17. The summed E-state index contributed by atoms with van der Waals surface area (Å²) < 4.78 is 5.15. The Bertz CT molecular complexity index is 415. The zero-order valence-corrected chi connectivity index (χ0v) is 10.2. The van der Waals surface area contributed by atoms with Gasteiger partial charge in [0.05, 0.1) is 11.2 Å². The number of benzene rings is 1. The maximum Gasteiger partial charge on any atom is 0.255 e. The van der Waals surface area contributed by atoms with Crippen molar-refractivity contribution in [1.29, 1.82) is 0 Å². The lowest BCUT2D eigenvalue weighted by atomic mass is 10.1. The van der Waals surface area contributed by atoms with E-state index in [0.29, 0.717) is 6.54 Å². The zero-order chi connectivity index (χ0) is 13.1. The highest BCUT2D eigenvalue weighted by Crippen LogP contribution is 2.21. The fourth-order valence-corrected chi connectivity index (χ4v) is 1.17. The van der Waals surface area contributed by atoms with Crippen LogP contribution in [0.3, 0.4) is 0 Å². The quantitative estimate of drug-likeness (QED) is 0.691. The topological polar surface area (TPSA) is 78.8 Å². The van der Waals surface area contributed by atoms with E-state index in [2.05, 4.69) is 5.32 Å². The monoisotopic (exact) mass is 239 g/mol. The molecule has 0 aliphatic heterocycles. The summed E-state index contributed by atoms with van der Waals surface area (Å²) in [5, 5.41) is 21.4. The van der Waals surface area contributed by atoms with Crippen LogP contribution < -0.4 is 5.32 Å². The molecule has 0 saturated heterocycles. The number of rotatable bonds is 4. The Kier molecular flexibility index (Phi) is 3.96. The minimum absolute atomic E-state index is 0.0388. The van der Waals surface area contributed by atoms with Gasteiger partial charge in [0, 0.05) is 13.7 Å². The standard InChI is InChI=1S/C12H17NO4/c1-12(2,17-3)7-13-11(16)9-6-8(14)4-5-10(9)15/h4-6,14-15H,7H2,1-3H3,(H,13,16). The second-order valence-electron chi connectivity index (χ2n) is 4.35. The number of hydrogen-bond acceptors (Lipinski definition) is 4. The largest absolute Gasteiger partial charge is 0.508 e. The van der Waals surface area contributed by atoms with E-state index in [0.717, 1.165) is 0 Å². The highest BCUT2D eigenvalue weighted by atomic mass is 16.5. The summed E-state index contributed by atoms with van der Waals surface area (Å²) >= 11 is 0. The number of hydrogen-bond donors (Lipinski definition) is 3. The van der Waals surface area contributed by atoms with Crippen molar-refractivity contribution in [2.75, 3.05) is 13.7 Å². The molecule has 0 unspecified atom stereocenters. The number of phenolic OH excluding ortho intramolecular Hbond substituents is 2. The molecule has 5 nitrogen and oxygen atoms in total. The lowest BCUT2D eigenvalue weighted by molar-refractivity contribution is 0.0228. The van der Waals surface area contributed by atoms with Crippen molar-refractivity contribution in [2.24, 2.45) is 0 Å². The van der Waals surface area contributed by atoms with E-state index in [9.17, 15) is 15.0 Å². The summed E-state index contributed by atoms with van der Waals surface area (Å²) in [7, 11) is 1.55. The molecule has 1 rings (SSSR count). The molecule has 94 valence electrons. The number of aromatic hydroxyl groups is 2. The predicted octanol–water partition coefficient (Wildman–Crippen LogP) is 1.25. The highest BCUT2D eigenvalue weighted by Gasteiger charge is 2.19. The van der Waals surface area contributed by atoms with Gasteiger partial charge >= 0.3 is 0 Å². The molecular weight excluding hydrogens is 222 g/mol. The minimum Gasteiger partial charge on any atom is -0.508 e. The molecule has 5 heteroatoms. The summed E-state index contributed by atoms with van der Waals surface area (Å²) in [6.45, 7) is 3.96. The van der Waals surface area contributed by atoms with E-state index in [1.54, 1.807) is 7.11 Å². The molecule has 0 bridgehead atoms. The van der Waals surface area contributed by atoms with Gasteiger partial charge in [-0.05, 0) is 32.0 Å². The average molecular weight is 239 g/mol. The Morgan fingerprint density at radius 3 is 2.65 bits per heavy atom. The maximum atomic E-state index is 11.7. The van der Waals surface area contributed by atoms with Crippen LogP contribution in [0.4, 0.5) is 0 Å². The van der Waals surface area contributed by atoms with E-state index < -0.39 is 11.5 Å². The number of nitrogens with one attached hydrogen (secondary N) is 1. The molecule has 0 spiro atoms. The van der Waals surface area contributed by atoms with Gasteiger partial charge in [-0.2, -0.15) is 0 Å². The molecule has 0 saturated carbocycles. The van der Waals surface area contributed by atoms with Gasteiger partial charge in [-0.3, -0.25) is 4.79 Å². The van der Waals surface area contributed by atoms with Gasteiger partial charge in [0.1, 0.15) is 11.5 Å². The van der Waals surface area contributed by atoms with Gasteiger partial charge in [-0.1, -0.05) is 0 Å². The lowest BCUT2D eigenvalue weighted by Gasteiger charge is -2.23. The second-order valence-corrected chi connectivity index (χ2v) is 4.35. The van der Waals surface area contributed by atoms with E-state index >= 15 is 0 Å². The Balaban J connectivity index is 2.74. The van der Waals surface area contributed by atoms with E-state index in [4.69, 9.17) is 4.74 Å². The first-order valence-electron chi connectivity index (χ1n) is 5.21. The summed E-state index contributed by atoms with van der Waals surface area (Å²) in [6.07, 6.45) is 0. The van der Waals surface area contributed by atoms with E-state index in [-0.39, 0.29) is 17.1 Å². The number of ether oxygens (including phenoxy) is 1. The summed E-state index contributed by atoms with van der Waals surface area (Å²) in [4.78, 5) is 11.7. The van der Waals surface area contributed by atoms with Crippen LogP contribution in [0.15, 0.2) is 18.2 Å². The second kappa shape index (κ2) is 5.05. The van der Waals surface area contributed by atoms with Gasteiger partial charge in [0.15, 0.2) is 0 Å². The van der Waals surface area contributed by atoms with E-state index in [1.165, 1.54) is 18.2 Å². The molecule has 0 aliphatic carbocycles. The van der Waals surface area contributed by atoms with Crippen molar-refractivity contribution in [1.82, 2.24) is 5.32 Å². The van der Waals surface area contributed by atoms with Crippen molar-refractivity contribution in [3.63, 3.8) is 0 Å². The summed E-state index contributed by atoms with van der Waals surface area (Å²) in [6, 6.07) is 3.79. The first kappa shape index (κ1) is 13.3. The third kappa shape index (κ3) is 3.64. The molecule has 0 aromatic heterocycles. The van der Waals surface area contributed by atoms with Crippen LogP contribution in [0.1, 0.15) is 24.2 Å². The molecule has 1 amide bonds.